The molecule has 3 heterocycles. The Hall–Kier alpha value is -2.86. The van der Waals surface area contributed by atoms with Gasteiger partial charge in [-0.1, -0.05) is 12.1 Å². The topological polar surface area (TPSA) is 68.3 Å². The molecule has 0 bridgehead atoms. The number of nitrogens with zero attached hydrogens (tertiary/aromatic N) is 1. The van der Waals surface area contributed by atoms with Crippen LogP contribution in [0, 0.1) is 0 Å². The first-order valence-electron chi connectivity index (χ1n) is 7.52. The number of carbonyl (C=O) groups is 1. The summed E-state index contributed by atoms with van der Waals surface area (Å²) in [4.78, 5) is 16.8. The smallest absolute Gasteiger partial charge is 0.280 e. The molecule has 120 valence electrons. The highest BCUT2D eigenvalue weighted by atomic mass is 32.1. The van der Waals surface area contributed by atoms with Crippen LogP contribution in [0.25, 0.3) is 10.2 Å². The molecular formula is C18H14N2O3S. The minimum absolute atomic E-state index is 0.173. The van der Waals surface area contributed by atoms with Crippen molar-refractivity contribution < 1.29 is 13.6 Å². The van der Waals surface area contributed by atoms with E-state index in [1.165, 1.54) is 11.3 Å². The number of amides is 1. The van der Waals surface area contributed by atoms with Crippen LogP contribution < -0.4 is 5.32 Å². The van der Waals surface area contributed by atoms with Gasteiger partial charge in [-0.05, 0) is 36.4 Å². The van der Waals surface area contributed by atoms with E-state index in [4.69, 9.17) is 8.83 Å². The van der Waals surface area contributed by atoms with E-state index >= 15 is 0 Å². The second-order valence-electron chi connectivity index (χ2n) is 5.28. The van der Waals surface area contributed by atoms with Gasteiger partial charge in [0.25, 0.3) is 5.91 Å². The van der Waals surface area contributed by atoms with Gasteiger partial charge in [-0.3, -0.25) is 4.79 Å². The quantitative estimate of drug-likeness (QED) is 0.596. The summed E-state index contributed by atoms with van der Waals surface area (Å²) in [6.45, 7) is 0.371. The van der Waals surface area contributed by atoms with Crippen molar-refractivity contribution in [3.63, 3.8) is 0 Å². The molecule has 0 radical (unpaired) electrons. The molecule has 1 N–H and O–H groups in total. The van der Waals surface area contributed by atoms with Gasteiger partial charge in [-0.15, -0.1) is 11.3 Å². The van der Waals surface area contributed by atoms with E-state index in [1.807, 2.05) is 48.5 Å². The molecule has 5 nitrogen and oxygen atoms in total. The molecule has 0 fully saturated rings. The Morgan fingerprint density at radius 1 is 1.04 bits per heavy atom. The molecule has 4 aromatic rings. The van der Waals surface area contributed by atoms with Crippen molar-refractivity contribution >= 4 is 27.5 Å². The number of carbonyl (C=O) groups excluding carboxylic acids is 1. The van der Waals surface area contributed by atoms with Crippen LogP contribution in [0.3, 0.4) is 0 Å². The van der Waals surface area contributed by atoms with Gasteiger partial charge in [0.15, 0.2) is 5.01 Å². The number of benzene rings is 1. The highest BCUT2D eigenvalue weighted by molar-refractivity contribution is 7.20. The average molecular weight is 338 g/mol. The Bertz CT molecular complexity index is 875. The molecule has 1 aromatic carbocycles. The summed E-state index contributed by atoms with van der Waals surface area (Å²) in [6, 6.07) is 15.1. The number of hydrogen-bond acceptors (Lipinski definition) is 5. The molecule has 0 spiro atoms. The summed E-state index contributed by atoms with van der Waals surface area (Å²) in [7, 11) is 0. The standard InChI is InChI=1S/C18H14N2O3S/c21-17(18-20-13-5-1-2-8-16(13)24-18)19-11-12(14-6-3-9-22-14)15-7-4-10-23-15/h1-10,12H,11H2,(H,19,21). The second-order valence-corrected chi connectivity index (χ2v) is 6.31. The number of nitrogens with one attached hydrogen (secondary N) is 1. The van der Waals surface area contributed by atoms with Crippen molar-refractivity contribution in [2.45, 2.75) is 5.92 Å². The Balaban J connectivity index is 1.52. The van der Waals surface area contributed by atoms with E-state index in [1.54, 1.807) is 12.5 Å². The number of para-hydroxylation sites is 1. The number of fused-ring (bicyclic) bond motifs is 1. The third-order valence-electron chi connectivity index (χ3n) is 3.73. The van der Waals surface area contributed by atoms with Crippen LogP contribution in [-0.2, 0) is 0 Å². The van der Waals surface area contributed by atoms with E-state index in [0.29, 0.717) is 11.6 Å². The van der Waals surface area contributed by atoms with Crippen LogP contribution in [-0.4, -0.2) is 17.4 Å². The summed E-state index contributed by atoms with van der Waals surface area (Å²) >= 11 is 1.38. The average Bonchev–Trinajstić information content (AvgIpc) is 3.35. The number of rotatable bonds is 5. The minimum Gasteiger partial charge on any atom is -0.469 e. The Morgan fingerprint density at radius 3 is 2.38 bits per heavy atom. The van der Waals surface area contributed by atoms with E-state index in [-0.39, 0.29) is 11.8 Å². The number of thiazole rings is 1. The van der Waals surface area contributed by atoms with Crippen molar-refractivity contribution in [2.24, 2.45) is 0 Å². The molecule has 1 amide bonds. The lowest BCUT2D eigenvalue weighted by molar-refractivity contribution is 0.0951. The van der Waals surface area contributed by atoms with E-state index in [2.05, 4.69) is 10.3 Å². The SMILES string of the molecule is O=C(NCC(c1ccco1)c1ccco1)c1nc2ccccc2s1. The molecule has 0 saturated heterocycles. The van der Waals surface area contributed by atoms with Crippen molar-refractivity contribution in [3.05, 3.63) is 77.6 Å². The maximum Gasteiger partial charge on any atom is 0.280 e. The van der Waals surface area contributed by atoms with E-state index < -0.39 is 0 Å². The third kappa shape index (κ3) is 2.83. The Morgan fingerprint density at radius 2 is 1.75 bits per heavy atom. The molecule has 4 rings (SSSR count). The lowest BCUT2D eigenvalue weighted by atomic mass is 10.0. The molecule has 6 heteroatoms. The Kier molecular flexibility index (Phi) is 3.88. The molecule has 0 aliphatic carbocycles. The van der Waals surface area contributed by atoms with Gasteiger partial charge in [0.2, 0.25) is 0 Å². The van der Waals surface area contributed by atoms with Gasteiger partial charge in [0, 0.05) is 6.54 Å². The first kappa shape index (κ1) is 14.7. The first-order valence-corrected chi connectivity index (χ1v) is 8.33. The molecule has 0 saturated carbocycles. The maximum atomic E-state index is 12.4. The summed E-state index contributed by atoms with van der Waals surface area (Å²) < 4.78 is 12.0. The predicted octanol–water partition coefficient (Wildman–Crippen LogP) is 4.04. The fourth-order valence-corrected chi connectivity index (χ4v) is 3.44. The van der Waals surface area contributed by atoms with Gasteiger partial charge in [0.05, 0.1) is 28.7 Å². The van der Waals surface area contributed by atoms with Crippen LogP contribution in [0.4, 0.5) is 0 Å². The number of hydrogen-bond donors (Lipinski definition) is 1. The normalized spacial score (nSPS) is 11.2. The van der Waals surface area contributed by atoms with Crippen molar-refractivity contribution in [1.82, 2.24) is 10.3 Å². The zero-order valence-corrected chi connectivity index (χ0v) is 13.5. The van der Waals surface area contributed by atoms with Crippen LogP contribution in [0.2, 0.25) is 0 Å². The van der Waals surface area contributed by atoms with Crippen molar-refractivity contribution in [1.29, 1.82) is 0 Å². The number of aromatic nitrogens is 1. The van der Waals surface area contributed by atoms with Crippen LogP contribution in [0.15, 0.2) is 69.9 Å². The van der Waals surface area contributed by atoms with Crippen LogP contribution in [0.1, 0.15) is 27.2 Å². The van der Waals surface area contributed by atoms with E-state index in [0.717, 1.165) is 21.7 Å². The minimum atomic E-state index is -0.195. The molecule has 0 unspecified atom stereocenters. The van der Waals surface area contributed by atoms with Gasteiger partial charge in [-0.25, -0.2) is 4.98 Å². The molecule has 0 atom stereocenters. The van der Waals surface area contributed by atoms with Crippen LogP contribution >= 0.6 is 11.3 Å². The Labute approximate surface area is 141 Å². The maximum absolute atomic E-state index is 12.4. The zero-order chi connectivity index (χ0) is 16.4. The van der Waals surface area contributed by atoms with Gasteiger partial charge < -0.3 is 14.2 Å². The van der Waals surface area contributed by atoms with Gasteiger partial charge in [0.1, 0.15) is 11.5 Å². The lowest BCUT2D eigenvalue weighted by Gasteiger charge is -2.12. The molecule has 3 aromatic heterocycles. The lowest BCUT2D eigenvalue weighted by Crippen LogP contribution is -2.28. The molecular weight excluding hydrogens is 324 g/mol. The van der Waals surface area contributed by atoms with Crippen LogP contribution in [0.5, 0.6) is 0 Å². The number of furan rings is 2. The molecule has 0 aliphatic heterocycles. The van der Waals surface area contributed by atoms with E-state index in [9.17, 15) is 4.79 Å². The zero-order valence-electron chi connectivity index (χ0n) is 12.6. The highest BCUT2D eigenvalue weighted by Crippen LogP contribution is 2.25. The van der Waals surface area contributed by atoms with Crippen molar-refractivity contribution in [2.75, 3.05) is 6.54 Å². The molecule has 24 heavy (non-hydrogen) atoms. The highest BCUT2D eigenvalue weighted by Gasteiger charge is 2.21. The van der Waals surface area contributed by atoms with Gasteiger partial charge >= 0.3 is 0 Å². The second kappa shape index (κ2) is 6.33. The first-order chi connectivity index (χ1) is 11.8. The summed E-state index contributed by atoms with van der Waals surface area (Å²) in [6.07, 6.45) is 3.22. The molecule has 0 aliphatic rings. The monoisotopic (exact) mass is 338 g/mol. The predicted molar refractivity (Wildman–Crippen MR) is 91.2 cm³/mol. The van der Waals surface area contributed by atoms with Crippen molar-refractivity contribution in [3.8, 4) is 0 Å². The summed E-state index contributed by atoms with van der Waals surface area (Å²) in [5, 5.41) is 3.38. The third-order valence-corrected chi connectivity index (χ3v) is 4.76. The fraction of sp³-hybridized carbons (Fsp3) is 0.111. The summed E-state index contributed by atoms with van der Waals surface area (Å²) in [5.41, 5.74) is 0.835. The summed E-state index contributed by atoms with van der Waals surface area (Å²) in [5.74, 6) is 1.12. The fourth-order valence-electron chi connectivity index (χ4n) is 2.56. The van der Waals surface area contributed by atoms with Gasteiger partial charge in [-0.2, -0.15) is 0 Å². The largest absolute Gasteiger partial charge is 0.469 e.